The number of carbonyl (C=O) groups excluding carboxylic acids is 2. The zero-order valence-electron chi connectivity index (χ0n) is 30.5. The van der Waals surface area contributed by atoms with Crippen LogP contribution in [0.1, 0.15) is 81.6 Å². The predicted molar refractivity (Wildman–Crippen MR) is 173 cm³/mol. The van der Waals surface area contributed by atoms with E-state index in [1.807, 2.05) is 39.8 Å². The molecule has 3 rings (SSSR count). The van der Waals surface area contributed by atoms with E-state index in [0.29, 0.717) is 13.0 Å². The van der Waals surface area contributed by atoms with Gasteiger partial charge >= 0.3 is 5.97 Å². The van der Waals surface area contributed by atoms with Crippen molar-refractivity contribution in [3.63, 3.8) is 0 Å². The minimum Gasteiger partial charge on any atom is -0.452 e. The van der Waals surface area contributed by atoms with Crippen LogP contribution < -0.4 is 5.32 Å². The Morgan fingerprint density at radius 1 is 1.02 bits per heavy atom. The van der Waals surface area contributed by atoms with Crippen LogP contribution in [-0.2, 0) is 38.0 Å². The molecule has 3 saturated heterocycles. The molecule has 3 heterocycles. The fourth-order valence-electron chi connectivity index (χ4n) is 7.57. The number of cyclic esters (lactones) is 1. The van der Waals surface area contributed by atoms with Gasteiger partial charge in [-0.1, -0.05) is 13.8 Å². The summed E-state index contributed by atoms with van der Waals surface area (Å²) in [5.41, 5.74) is -2.48. The zero-order valence-corrected chi connectivity index (χ0v) is 30.5. The molecule has 4 N–H and O–H groups in total. The summed E-state index contributed by atoms with van der Waals surface area (Å²) >= 11 is 0. The summed E-state index contributed by atoms with van der Waals surface area (Å²) in [6, 6.07) is -0.731. The quantitative estimate of drug-likeness (QED) is 0.288. The van der Waals surface area contributed by atoms with Gasteiger partial charge in [-0.3, -0.25) is 9.59 Å². The molecule has 0 bridgehead atoms. The summed E-state index contributed by atoms with van der Waals surface area (Å²) in [5.74, 6) is -2.70. The number of hydrogen-bond acceptors (Lipinski definition) is 13. The van der Waals surface area contributed by atoms with E-state index in [2.05, 4.69) is 5.32 Å². The van der Waals surface area contributed by atoms with E-state index in [1.165, 1.54) is 14.0 Å². The molecular formula is C34H62N2O11. The van der Waals surface area contributed by atoms with Gasteiger partial charge in [0.05, 0.1) is 41.5 Å². The van der Waals surface area contributed by atoms with Gasteiger partial charge in [-0.05, 0) is 87.9 Å². The third-order valence-corrected chi connectivity index (χ3v) is 10.5. The first-order valence-corrected chi connectivity index (χ1v) is 17.1. The standard InChI is InChI=1S/C34H62N2O11/c1-17-14-33(8,41)30(47-32-26(38)24(36(10)11)13-18(2)43-32)19(3)27(45-25-15-34(9,42-12)29(39)23(7)44-25)20(4)31(40)46-28(22(6)37)21(5)35-16-17/h17-21,23-30,32,35,38-39,41H,13-16H2,1-12H3/t17-,18-,19+,20-,21+,23+,24+,25+,26-,27+,28-,29+,30-,32+,33-,34-/m1/s1. The molecule has 0 aromatic rings. The molecule has 3 fully saturated rings. The molecule has 0 aliphatic carbocycles. The smallest absolute Gasteiger partial charge is 0.312 e. The second-order valence-corrected chi connectivity index (χ2v) is 15.1. The van der Waals surface area contributed by atoms with Crippen LogP contribution in [0.15, 0.2) is 0 Å². The largest absolute Gasteiger partial charge is 0.452 e. The van der Waals surface area contributed by atoms with Gasteiger partial charge in [0.1, 0.15) is 12.2 Å². The van der Waals surface area contributed by atoms with Crippen LogP contribution in [0.5, 0.6) is 0 Å². The lowest BCUT2D eigenvalue weighted by Gasteiger charge is -2.48. The number of hydrogen-bond donors (Lipinski definition) is 4. The number of aliphatic hydroxyl groups is 3. The maximum absolute atomic E-state index is 13.8. The fourth-order valence-corrected chi connectivity index (χ4v) is 7.57. The van der Waals surface area contributed by atoms with Gasteiger partial charge in [0.15, 0.2) is 24.5 Å². The van der Waals surface area contributed by atoms with Crippen LogP contribution in [0, 0.1) is 17.8 Å². The minimum absolute atomic E-state index is 0.0938. The lowest BCUT2D eigenvalue weighted by atomic mass is 9.77. The zero-order chi connectivity index (χ0) is 35.6. The molecule has 274 valence electrons. The Labute approximate surface area is 280 Å². The van der Waals surface area contributed by atoms with Gasteiger partial charge in [-0.15, -0.1) is 0 Å². The van der Waals surface area contributed by atoms with Gasteiger partial charge in [-0.2, -0.15) is 0 Å². The van der Waals surface area contributed by atoms with Crippen molar-refractivity contribution in [2.24, 2.45) is 17.8 Å². The number of carbonyl (C=O) groups is 2. The first kappa shape index (κ1) is 40.2. The van der Waals surface area contributed by atoms with Gasteiger partial charge in [0, 0.05) is 31.5 Å². The Bertz CT molecular complexity index is 1050. The fraction of sp³-hybridized carbons (Fsp3) is 0.941. The van der Waals surface area contributed by atoms with Crippen molar-refractivity contribution >= 4 is 11.8 Å². The summed E-state index contributed by atoms with van der Waals surface area (Å²) in [6.07, 6.45) is -6.76. The minimum atomic E-state index is -1.49. The summed E-state index contributed by atoms with van der Waals surface area (Å²) in [7, 11) is 5.28. The van der Waals surface area contributed by atoms with Crippen molar-refractivity contribution in [3.05, 3.63) is 0 Å². The van der Waals surface area contributed by atoms with E-state index in [4.69, 9.17) is 28.4 Å². The molecule has 0 spiro atoms. The number of methoxy groups -OCH3 is 1. The second kappa shape index (κ2) is 16.2. The van der Waals surface area contributed by atoms with Crippen LogP contribution in [0.4, 0.5) is 0 Å². The number of rotatable bonds is 7. The van der Waals surface area contributed by atoms with Crippen molar-refractivity contribution in [2.45, 2.75) is 160 Å². The summed E-state index contributed by atoms with van der Waals surface area (Å²) < 4.78 is 37.0. The highest BCUT2D eigenvalue weighted by Gasteiger charge is 2.51. The monoisotopic (exact) mass is 674 g/mol. The third-order valence-electron chi connectivity index (χ3n) is 10.5. The molecule has 0 aromatic carbocycles. The molecule has 0 amide bonds. The number of aliphatic hydroxyl groups excluding tert-OH is 2. The number of likely N-dealkylation sites (N-methyl/N-ethyl adjacent to an activating group) is 1. The Balaban J connectivity index is 2.10. The molecule has 47 heavy (non-hydrogen) atoms. The lowest BCUT2D eigenvalue weighted by Crippen LogP contribution is -2.60. The van der Waals surface area contributed by atoms with Crippen LogP contribution in [0.3, 0.4) is 0 Å². The highest BCUT2D eigenvalue weighted by molar-refractivity contribution is 5.84. The maximum Gasteiger partial charge on any atom is 0.312 e. The van der Waals surface area contributed by atoms with Gasteiger partial charge in [0.25, 0.3) is 0 Å². The highest BCUT2D eigenvalue weighted by atomic mass is 16.7. The molecule has 3 aliphatic rings. The number of nitrogens with zero attached hydrogens (tertiary/aromatic N) is 1. The van der Waals surface area contributed by atoms with Gasteiger partial charge in [-0.25, -0.2) is 0 Å². The molecule has 13 nitrogen and oxygen atoms in total. The predicted octanol–water partition coefficient (Wildman–Crippen LogP) is 1.63. The first-order valence-electron chi connectivity index (χ1n) is 17.1. The van der Waals surface area contributed by atoms with Crippen LogP contribution in [-0.4, -0.2) is 138 Å². The van der Waals surface area contributed by atoms with Gasteiger partial charge in [0.2, 0.25) is 0 Å². The molecule has 0 radical (unpaired) electrons. The topological polar surface area (TPSA) is 165 Å². The van der Waals surface area contributed by atoms with Crippen molar-refractivity contribution in [3.8, 4) is 0 Å². The molecule has 0 unspecified atom stereocenters. The Morgan fingerprint density at radius 3 is 2.23 bits per heavy atom. The van der Waals surface area contributed by atoms with E-state index in [0.717, 1.165) is 0 Å². The highest BCUT2D eigenvalue weighted by Crippen LogP contribution is 2.39. The van der Waals surface area contributed by atoms with Crippen molar-refractivity contribution in [2.75, 3.05) is 27.7 Å². The van der Waals surface area contributed by atoms with Gasteiger partial charge < -0.3 is 54.0 Å². The molecule has 0 aromatic heterocycles. The summed E-state index contributed by atoms with van der Waals surface area (Å²) in [4.78, 5) is 28.4. The molecule has 16 atom stereocenters. The van der Waals surface area contributed by atoms with Crippen LogP contribution in [0.25, 0.3) is 0 Å². The molecule has 13 heteroatoms. The Morgan fingerprint density at radius 2 is 1.66 bits per heavy atom. The molecular weight excluding hydrogens is 612 g/mol. The average Bonchev–Trinajstić information content (AvgIpc) is 2.98. The normalized spacial score (nSPS) is 47.8. The van der Waals surface area contributed by atoms with E-state index in [9.17, 15) is 24.9 Å². The average molecular weight is 675 g/mol. The number of nitrogens with one attached hydrogen (secondary N) is 1. The van der Waals surface area contributed by atoms with Crippen LogP contribution >= 0.6 is 0 Å². The third kappa shape index (κ3) is 9.50. The summed E-state index contributed by atoms with van der Waals surface area (Å²) in [6.45, 7) is 16.1. The van der Waals surface area contributed by atoms with Crippen molar-refractivity contribution in [1.29, 1.82) is 0 Å². The molecule has 0 saturated carbocycles. The van der Waals surface area contributed by atoms with Crippen molar-refractivity contribution in [1.82, 2.24) is 10.2 Å². The number of Topliss-reactive ketones (excluding diaryl/α,β-unsaturated/α-hetero) is 1. The van der Waals surface area contributed by atoms with E-state index >= 15 is 0 Å². The van der Waals surface area contributed by atoms with E-state index < -0.39 is 84.3 Å². The number of esters is 1. The SMILES string of the molecule is CO[C@]1(C)C[C@H](O[C@H]2[C@H](C)[C@@H](O[C@@H]3O[C@H](C)C[C@H](N(C)C)[C@H]3O)[C@](C)(O)C[C@@H](C)CN[C@@H](C)[C@H](C(C)=O)OC(=O)[C@@H]2C)O[C@@H](C)[C@@H]1O. The number of ether oxygens (including phenoxy) is 6. The van der Waals surface area contributed by atoms with E-state index in [1.54, 1.807) is 34.6 Å². The summed E-state index contributed by atoms with van der Waals surface area (Å²) in [5, 5.41) is 37.8. The van der Waals surface area contributed by atoms with E-state index in [-0.39, 0.29) is 36.7 Å². The molecule has 3 aliphatic heterocycles. The number of ketones is 1. The lowest BCUT2D eigenvalue weighted by molar-refractivity contribution is -0.317. The Hall–Kier alpha value is -1.26. The Kier molecular flexibility index (Phi) is 13.8. The maximum atomic E-state index is 13.8. The van der Waals surface area contributed by atoms with Crippen LogP contribution in [0.2, 0.25) is 0 Å². The van der Waals surface area contributed by atoms with Crippen molar-refractivity contribution < 1.29 is 53.3 Å². The second-order valence-electron chi connectivity index (χ2n) is 15.1. The first-order chi connectivity index (χ1) is 21.7.